The van der Waals surface area contributed by atoms with Crippen molar-refractivity contribution in [2.45, 2.75) is 31.9 Å². The van der Waals surface area contributed by atoms with E-state index in [1.807, 2.05) is 24.3 Å². The lowest BCUT2D eigenvalue weighted by atomic mass is 10.0. The molecular weight excluding hydrogens is 585 g/mol. The zero-order chi connectivity index (χ0) is 27.6. The minimum atomic E-state index is -4.79. The summed E-state index contributed by atoms with van der Waals surface area (Å²) in [5.41, 5.74) is 1.90. The van der Waals surface area contributed by atoms with Gasteiger partial charge in [-0.1, -0.05) is 23.4 Å². The molecule has 3 aromatic rings. The third-order valence-corrected chi connectivity index (χ3v) is 7.56. The Bertz CT molecular complexity index is 1340. The average molecular weight is 611 g/mol. The van der Waals surface area contributed by atoms with Crippen LogP contribution in [0.15, 0.2) is 46.9 Å². The number of fused-ring (bicyclic) bond motifs is 1. The van der Waals surface area contributed by atoms with Crippen molar-refractivity contribution in [2.24, 2.45) is 0 Å². The van der Waals surface area contributed by atoms with Gasteiger partial charge in [-0.2, -0.15) is 4.68 Å². The molecule has 39 heavy (non-hydrogen) atoms. The summed E-state index contributed by atoms with van der Waals surface area (Å²) in [5.74, 6) is -0.365. The Labute approximate surface area is 230 Å². The number of hydrogen-bond donors (Lipinski definition) is 0. The summed E-state index contributed by atoms with van der Waals surface area (Å²) >= 11 is 3.05. The number of aromatic nitrogens is 3. The first kappa shape index (κ1) is 27.2. The van der Waals surface area contributed by atoms with Crippen LogP contribution >= 0.6 is 15.9 Å². The van der Waals surface area contributed by atoms with Crippen LogP contribution in [0.5, 0.6) is 5.75 Å². The normalized spacial score (nSPS) is 17.4. The highest BCUT2D eigenvalue weighted by atomic mass is 79.9. The average Bonchev–Trinajstić information content (AvgIpc) is 3.36. The molecule has 0 spiro atoms. The van der Waals surface area contributed by atoms with Gasteiger partial charge < -0.3 is 19.3 Å². The number of likely N-dealkylation sites (tertiary alicyclic amines) is 1. The lowest BCUT2D eigenvalue weighted by Crippen LogP contribution is -2.55. The zero-order valence-corrected chi connectivity index (χ0v) is 22.4. The van der Waals surface area contributed by atoms with E-state index in [2.05, 4.69) is 35.9 Å². The summed E-state index contributed by atoms with van der Waals surface area (Å²) in [5, 5.41) is 8.09. The number of hydrogen-bond acceptors (Lipinski definition) is 7. The highest BCUT2D eigenvalue weighted by Crippen LogP contribution is 2.31. The highest BCUT2D eigenvalue weighted by Gasteiger charge is 2.33. The van der Waals surface area contributed by atoms with Gasteiger partial charge in [0.25, 0.3) is 0 Å². The van der Waals surface area contributed by atoms with Crippen molar-refractivity contribution < 1.29 is 32.2 Å². The number of amides is 2. The van der Waals surface area contributed by atoms with E-state index in [0.717, 1.165) is 12.8 Å². The van der Waals surface area contributed by atoms with Gasteiger partial charge in [-0.15, -0.1) is 18.3 Å². The van der Waals surface area contributed by atoms with Crippen molar-refractivity contribution in [1.29, 1.82) is 0 Å². The topological polar surface area (TPSA) is 93.0 Å². The van der Waals surface area contributed by atoms with Gasteiger partial charge >= 0.3 is 18.5 Å². The maximum atomic E-state index is 13.0. The molecule has 0 saturated carbocycles. The van der Waals surface area contributed by atoms with Crippen LogP contribution in [0, 0.1) is 0 Å². The van der Waals surface area contributed by atoms with Gasteiger partial charge in [0.05, 0.1) is 9.99 Å². The van der Waals surface area contributed by atoms with Crippen LogP contribution in [0.4, 0.5) is 22.8 Å². The fourth-order valence-corrected chi connectivity index (χ4v) is 5.42. The molecule has 2 fully saturated rings. The van der Waals surface area contributed by atoms with Crippen LogP contribution in [0.3, 0.4) is 0 Å². The first-order chi connectivity index (χ1) is 18.7. The van der Waals surface area contributed by atoms with Gasteiger partial charge in [0, 0.05) is 45.3 Å². The van der Waals surface area contributed by atoms with Crippen LogP contribution < -0.4 is 4.74 Å². The molecule has 5 rings (SSSR count). The van der Waals surface area contributed by atoms with E-state index in [4.69, 9.17) is 4.74 Å². The standard InChI is InChI=1S/C25H26BrF3N6O4/c26-19-15-17(5-6-22(19)39-25(27,28)29)16-38-24(37)34-13-11-32(12-14-34)18-7-9-33(10-8-18)23(36)35-21-4-2-1-3-20(21)30-31-35/h1-6,15,18H,7-14,16H2. The molecule has 208 valence electrons. The molecule has 2 amide bonds. The summed E-state index contributed by atoms with van der Waals surface area (Å²) in [6.45, 7) is 3.55. The van der Waals surface area contributed by atoms with Crippen LogP contribution in [0.1, 0.15) is 18.4 Å². The van der Waals surface area contributed by atoms with Crippen LogP contribution in [-0.4, -0.2) is 93.5 Å². The largest absolute Gasteiger partial charge is 0.573 e. The maximum absolute atomic E-state index is 13.0. The number of benzene rings is 2. The molecule has 0 radical (unpaired) electrons. The Balaban J connectivity index is 1.06. The quantitative estimate of drug-likeness (QED) is 0.430. The molecule has 2 saturated heterocycles. The molecule has 1 aromatic heterocycles. The van der Waals surface area contributed by atoms with E-state index in [1.165, 1.54) is 22.9 Å². The molecule has 2 aliphatic heterocycles. The zero-order valence-electron chi connectivity index (χ0n) is 20.8. The second-order valence-corrected chi connectivity index (χ2v) is 10.2. The molecule has 0 unspecified atom stereocenters. The first-order valence-electron chi connectivity index (χ1n) is 12.5. The summed E-state index contributed by atoms with van der Waals surface area (Å²) in [6, 6.07) is 11.5. The molecule has 0 atom stereocenters. The molecule has 0 bridgehead atoms. The fourth-order valence-electron chi connectivity index (χ4n) is 4.91. The van der Waals surface area contributed by atoms with Gasteiger partial charge in [-0.05, 0) is 58.6 Å². The highest BCUT2D eigenvalue weighted by molar-refractivity contribution is 9.10. The van der Waals surface area contributed by atoms with Crippen molar-refractivity contribution in [3.8, 4) is 5.75 Å². The molecule has 2 aromatic carbocycles. The summed E-state index contributed by atoms with van der Waals surface area (Å²) in [6.07, 6.45) is -3.61. The maximum Gasteiger partial charge on any atom is 0.573 e. The number of piperidine rings is 1. The number of nitrogens with zero attached hydrogens (tertiary/aromatic N) is 6. The van der Waals surface area contributed by atoms with Crippen LogP contribution in [-0.2, 0) is 11.3 Å². The van der Waals surface area contributed by atoms with Crippen LogP contribution in [0.25, 0.3) is 11.0 Å². The van der Waals surface area contributed by atoms with Gasteiger partial charge in [0.1, 0.15) is 17.9 Å². The minimum absolute atomic E-state index is 0.0719. The van der Waals surface area contributed by atoms with Gasteiger partial charge in [0.15, 0.2) is 0 Å². The fraction of sp³-hybridized carbons (Fsp3) is 0.440. The van der Waals surface area contributed by atoms with E-state index in [9.17, 15) is 22.8 Å². The van der Waals surface area contributed by atoms with E-state index in [1.54, 1.807) is 9.80 Å². The first-order valence-corrected chi connectivity index (χ1v) is 13.3. The Morgan fingerprint density at radius 2 is 1.69 bits per heavy atom. The Morgan fingerprint density at radius 3 is 2.38 bits per heavy atom. The number of piperazine rings is 1. The van der Waals surface area contributed by atoms with E-state index in [-0.39, 0.29) is 22.9 Å². The number of carbonyl (C=O) groups excluding carboxylic acids is 2. The molecule has 0 aliphatic carbocycles. The SMILES string of the molecule is O=C(OCc1ccc(OC(F)(F)F)c(Br)c1)N1CCN(C2CCN(C(=O)n3nnc4ccccc43)CC2)CC1. The van der Waals surface area contributed by atoms with E-state index in [0.29, 0.717) is 61.9 Å². The number of rotatable bonds is 4. The second kappa shape index (κ2) is 11.4. The minimum Gasteiger partial charge on any atom is -0.445 e. The third-order valence-electron chi connectivity index (χ3n) is 6.94. The lowest BCUT2D eigenvalue weighted by molar-refractivity contribution is -0.274. The molecule has 2 aliphatic rings. The van der Waals surface area contributed by atoms with Crippen molar-refractivity contribution in [1.82, 2.24) is 29.7 Å². The van der Waals surface area contributed by atoms with Gasteiger partial charge in [-0.3, -0.25) is 4.90 Å². The summed E-state index contributed by atoms with van der Waals surface area (Å²) < 4.78 is 48.1. The van der Waals surface area contributed by atoms with Crippen molar-refractivity contribution in [2.75, 3.05) is 39.3 Å². The van der Waals surface area contributed by atoms with Gasteiger partial charge in [0.2, 0.25) is 0 Å². The molecule has 10 nitrogen and oxygen atoms in total. The molecule has 3 heterocycles. The number of para-hydroxylation sites is 1. The van der Waals surface area contributed by atoms with Crippen molar-refractivity contribution in [3.63, 3.8) is 0 Å². The van der Waals surface area contributed by atoms with E-state index >= 15 is 0 Å². The lowest BCUT2D eigenvalue weighted by Gasteiger charge is -2.42. The third kappa shape index (κ3) is 6.44. The van der Waals surface area contributed by atoms with E-state index < -0.39 is 12.5 Å². The molecule has 0 N–H and O–H groups in total. The van der Waals surface area contributed by atoms with Crippen molar-refractivity contribution in [3.05, 3.63) is 52.5 Å². The molecular formula is C25H26BrF3N6O4. The molecule has 14 heteroatoms. The monoisotopic (exact) mass is 610 g/mol. The summed E-state index contributed by atoms with van der Waals surface area (Å²) in [4.78, 5) is 31.3. The van der Waals surface area contributed by atoms with Gasteiger partial charge in [-0.25, -0.2) is 9.59 Å². The Hall–Kier alpha value is -3.39. The number of carbonyl (C=O) groups is 2. The summed E-state index contributed by atoms with van der Waals surface area (Å²) in [7, 11) is 0. The predicted octanol–water partition coefficient (Wildman–Crippen LogP) is 4.48. The van der Waals surface area contributed by atoms with Crippen molar-refractivity contribution >= 4 is 39.1 Å². The number of ether oxygens (including phenoxy) is 2. The Morgan fingerprint density at radius 1 is 0.974 bits per heavy atom. The second-order valence-electron chi connectivity index (χ2n) is 9.38. The van der Waals surface area contributed by atoms with Crippen LogP contribution in [0.2, 0.25) is 0 Å². The predicted molar refractivity (Wildman–Crippen MR) is 137 cm³/mol. The number of halogens is 4. The smallest absolute Gasteiger partial charge is 0.445 e. The Kier molecular flexibility index (Phi) is 7.93. The number of alkyl halides is 3.